The van der Waals surface area contributed by atoms with Gasteiger partial charge in [0.1, 0.15) is 0 Å². The minimum atomic E-state index is 0.0839. The number of amides is 1. The highest BCUT2D eigenvalue weighted by molar-refractivity contribution is 5.76. The van der Waals surface area contributed by atoms with Gasteiger partial charge in [-0.15, -0.1) is 0 Å². The van der Waals surface area contributed by atoms with Gasteiger partial charge in [0.2, 0.25) is 5.91 Å². The largest absolute Gasteiger partial charge is 0.349 e. The molecule has 1 rings (SSSR count). The smallest absolute Gasteiger partial charge is 0.221 e. The maximum absolute atomic E-state index is 11.9. The fraction of sp³-hybridized carbons (Fsp3) is 0.588. The molecule has 3 heteroatoms. The molecule has 20 heavy (non-hydrogen) atoms. The fourth-order valence-electron chi connectivity index (χ4n) is 2.21. The minimum absolute atomic E-state index is 0.0839. The molecule has 0 bridgehead atoms. The lowest BCUT2D eigenvalue weighted by Crippen LogP contribution is -2.33. The van der Waals surface area contributed by atoms with Crippen LogP contribution in [0.3, 0.4) is 0 Å². The summed E-state index contributed by atoms with van der Waals surface area (Å²) in [6, 6.07) is 8.68. The maximum atomic E-state index is 11.9. The standard InChI is InChI=1S/C17H28N2O/c1-12(2)14-6-8-15(9-7-14)17(13(3)4)19-16(20)10-11-18-5/h6-9,12-13,17-18H,10-11H2,1-5H3,(H,19,20). The van der Waals surface area contributed by atoms with Crippen molar-refractivity contribution in [1.82, 2.24) is 10.6 Å². The van der Waals surface area contributed by atoms with E-state index < -0.39 is 0 Å². The first-order chi connectivity index (χ1) is 9.45. The van der Waals surface area contributed by atoms with Crippen LogP contribution in [0.25, 0.3) is 0 Å². The summed E-state index contributed by atoms with van der Waals surface area (Å²) in [5, 5.41) is 6.14. The van der Waals surface area contributed by atoms with Crippen LogP contribution in [0, 0.1) is 5.92 Å². The van der Waals surface area contributed by atoms with E-state index in [1.807, 2.05) is 7.05 Å². The number of nitrogens with one attached hydrogen (secondary N) is 2. The first-order valence-electron chi connectivity index (χ1n) is 7.49. The summed E-state index contributed by atoms with van der Waals surface area (Å²) in [6.45, 7) is 9.37. The van der Waals surface area contributed by atoms with Crippen molar-refractivity contribution in [2.24, 2.45) is 5.92 Å². The highest BCUT2D eigenvalue weighted by Gasteiger charge is 2.18. The van der Waals surface area contributed by atoms with Crippen molar-refractivity contribution in [3.05, 3.63) is 35.4 Å². The molecule has 0 aliphatic carbocycles. The molecule has 0 aromatic heterocycles. The summed E-state index contributed by atoms with van der Waals surface area (Å²) in [6.07, 6.45) is 0.518. The van der Waals surface area contributed by atoms with E-state index in [0.29, 0.717) is 24.8 Å². The molecule has 0 heterocycles. The first-order valence-corrected chi connectivity index (χ1v) is 7.49. The summed E-state index contributed by atoms with van der Waals surface area (Å²) in [4.78, 5) is 11.9. The van der Waals surface area contributed by atoms with Gasteiger partial charge in [0.15, 0.2) is 0 Å². The third-order valence-corrected chi connectivity index (χ3v) is 3.55. The molecule has 1 amide bonds. The molecule has 0 radical (unpaired) electrons. The van der Waals surface area contributed by atoms with E-state index >= 15 is 0 Å². The van der Waals surface area contributed by atoms with Gasteiger partial charge in [0, 0.05) is 13.0 Å². The van der Waals surface area contributed by atoms with E-state index in [1.54, 1.807) is 0 Å². The van der Waals surface area contributed by atoms with Crippen molar-refractivity contribution in [2.75, 3.05) is 13.6 Å². The second kappa shape index (κ2) is 8.05. The van der Waals surface area contributed by atoms with Gasteiger partial charge in [-0.05, 0) is 30.0 Å². The van der Waals surface area contributed by atoms with Crippen molar-refractivity contribution in [2.45, 2.75) is 46.1 Å². The summed E-state index contributed by atoms with van der Waals surface area (Å²) in [5.74, 6) is 1.01. The van der Waals surface area contributed by atoms with Gasteiger partial charge >= 0.3 is 0 Å². The van der Waals surface area contributed by atoms with Crippen LogP contribution in [0.4, 0.5) is 0 Å². The summed E-state index contributed by atoms with van der Waals surface area (Å²) >= 11 is 0. The monoisotopic (exact) mass is 276 g/mol. The molecule has 0 saturated carbocycles. The lowest BCUT2D eigenvalue weighted by molar-refractivity contribution is -0.122. The lowest BCUT2D eigenvalue weighted by Gasteiger charge is -2.23. The molecular formula is C17H28N2O. The van der Waals surface area contributed by atoms with Gasteiger partial charge in [-0.3, -0.25) is 4.79 Å². The predicted octanol–water partition coefficient (Wildman–Crippen LogP) is 3.23. The Labute approximate surface area is 123 Å². The van der Waals surface area contributed by atoms with Crippen LogP contribution < -0.4 is 10.6 Å². The number of benzene rings is 1. The summed E-state index contributed by atoms with van der Waals surface area (Å²) < 4.78 is 0. The summed E-state index contributed by atoms with van der Waals surface area (Å²) in [7, 11) is 1.86. The molecule has 0 fully saturated rings. The Hall–Kier alpha value is -1.35. The average Bonchev–Trinajstić information content (AvgIpc) is 2.42. The second-order valence-electron chi connectivity index (χ2n) is 5.96. The normalized spacial score (nSPS) is 12.8. The Balaban J connectivity index is 2.77. The van der Waals surface area contributed by atoms with Gasteiger partial charge in [0.05, 0.1) is 6.04 Å². The quantitative estimate of drug-likeness (QED) is 0.803. The number of rotatable bonds is 7. The molecule has 1 unspecified atom stereocenters. The Kier molecular flexibility index (Phi) is 6.73. The van der Waals surface area contributed by atoms with Gasteiger partial charge in [-0.25, -0.2) is 0 Å². The van der Waals surface area contributed by atoms with Crippen molar-refractivity contribution in [1.29, 1.82) is 0 Å². The molecule has 0 spiro atoms. The van der Waals surface area contributed by atoms with E-state index in [4.69, 9.17) is 0 Å². The lowest BCUT2D eigenvalue weighted by atomic mass is 9.93. The third kappa shape index (κ3) is 4.97. The Morgan fingerprint density at radius 1 is 1.05 bits per heavy atom. The number of hydrogen-bond acceptors (Lipinski definition) is 2. The van der Waals surface area contributed by atoms with E-state index in [-0.39, 0.29) is 11.9 Å². The Morgan fingerprint density at radius 2 is 1.60 bits per heavy atom. The van der Waals surface area contributed by atoms with Crippen LogP contribution in [0.2, 0.25) is 0 Å². The summed E-state index contributed by atoms with van der Waals surface area (Å²) in [5.41, 5.74) is 2.51. The molecule has 1 aromatic carbocycles. The zero-order valence-electron chi connectivity index (χ0n) is 13.4. The molecule has 112 valence electrons. The number of carbonyl (C=O) groups is 1. The molecule has 2 N–H and O–H groups in total. The van der Waals surface area contributed by atoms with E-state index in [1.165, 1.54) is 11.1 Å². The van der Waals surface area contributed by atoms with Gasteiger partial charge in [-0.1, -0.05) is 52.0 Å². The predicted molar refractivity (Wildman–Crippen MR) is 84.8 cm³/mol. The zero-order valence-corrected chi connectivity index (χ0v) is 13.4. The van der Waals surface area contributed by atoms with Crippen LogP contribution in [0.15, 0.2) is 24.3 Å². The number of hydrogen-bond donors (Lipinski definition) is 2. The van der Waals surface area contributed by atoms with Crippen molar-refractivity contribution in [3.63, 3.8) is 0 Å². The topological polar surface area (TPSA) is 41.1 Å². The van der Waals surface area contributed by atoms with E-state index in [9.17, 15) is 4.79 Å². The van der Waals surface area contributed by atoms with Crippen LogP contribution >= 0.6 is 0 Å². The van der Waals surface area contributed by atoms with Crippen LogP contribution in [-0.2, 0) is 4.79 Å². The van der Waals surface area contributed by atoms with Gasteiger partial charge in [-0.2, -0.15) is 0 Å². The van der Waals surface area contributed by atoms with Crippen molar-refractivity contribution in [3.8, 4) is 0 Å². The first kappa shape index (κ1) is 16.7. The zero-order chi connectivity index (χ0) is 15.1. The van der Waals surface area contributed by atoms with Gasteiger partial charge < -0.3 is 10.6 Å². The average molecular weight is 276 g/mol. The molecule has 0 aliphatic heterocycles. The van der Waals surface area contributed by atoms with Crippen LogP contribution in [0.5, 0.6) is 0 Å². The van der Waals surface area contributed by atoms with E-state index in [2.05, 4.69) is 62.6 Å². The third-order valence-electron chi connectivity index (χ3n) is 3.55. The van der Waals surface area contributed by atoms with Crippen molar-refractivity contribution < 1.29 is 4.79 Å². The Bertz CT molecular complexity index is 410. The molecule has 3 nitrogen and oxygen atoms in total. The molecule has 1 atom stereocenters. The SMILES string of the molecule is CNCCC(=O)NC(c1ccc(C(C)C)cc1)C(C)C. The molecule has 1 aromatic rings. The number of carbonyl (C=O) groups excluding carboxylic acids is 1. The minimum Gasteiger partial charge on any atom is -0.349 e. The highest BCUT2D eigenvalue weighted by Crippen LogP contribution is 2.24. The fourth-order valence-corrected chi connectivity index (χ4v) is 2.21. The van der Waals surface area contributed by atoms with E-state index in [0.717, 1.165) is 0 Å². The van der Waals surface area contributed by atoms with Gasteiger partial charge in [0.25, 0.3) is 0 Å². The molecule has 0 aliphatic rings. The highest BCUT2D eigenvalue weighted by atomic mass is 16.1. The van der Waals surface area contributed by atoms with Crippen LogP contribution in [0.1, 0.15) is 57.2 Å². The molecular weight excluding hydrogens is 248 g/mol. The Morgan fingerprint density at radius 3 is 2.05 bits per heavy atom. The second-order valence-corrected chi connectivity index (χ2v) is 5.96. The molecule has 0 saturated heterocycles. The maximum Gasteiger partial charge on any atom is 0.221 e. The van der Waals surface area contributed by atoms with Crippen LogP contribution in [-0.4, -0.2) is 19.5 Å². The van der Waals surface area contributed by atoms with Crippen molar-refractivity contribution >= 4 is 5.91 Å².